The first kappa shape index (κ1) is 28.7. The number of primary amides is 1. The number of rotatable bonds is 5. The van der Waals surface area contributed by atoms with E-state index in [1.807, 2.05) is 0 Å². The summed E-state index contributed by atoms with van der Waals surface area (Å²) in [4.78, 5) is 54.7. The number of carbonyl (C=O) groups is 4. The van der Waals surface area contributed by atoms with Crippen molar-refractivity contribution >= 4 is 23.8 Å². The van der Waals surface area contributed by atoms with Crippen molar-refractivity contribution < 1.29 is 37.1 Å². The molecule has 0 radical (unpaired) electrons. The topological polar surface area (TPSA) is 122 Å². The van der Waals surface area contributed by atoms with Gasteiger partial charge in [0, 0.05) is 24.5 Å². The van der Waals surface area contributed by atoms with Gasteiger partial charge in [-0.05, 0) is 65.0 Å². The van der Waals surface area contributed by atoms with Crippen molar-refractivity contribution in [3.05, 3.63) is 35.4 Å². The van der Waals surface area contributed by atoms with Gasteiger partial charge in [0.25, 0.3) is 0 Å². The van der Waals surface area contributed by atoms with Crippen LogP contribution < -0.4 is 11.1 Å². The van der Waals surface area contributed by atoms with Gasteiger partial charge in [0.1, 0.15) is 17.7 Å². The molecule has 2 heterocycles. The Balaban J connectivity index is 1.50. The van der Waals surface area contributed by atoms with Gasteiger partial charge < -0.3 is 20.7 Å². The number of nitrogens with zero attached hydrogens (tertiary/aromatic N) is 2. The van der Waals surface area contributed by atoms with Crippen LogP contribution in [-0.2, 0) is 25.3 Å². The lowest BCUT2D eigenvalue weighted by atomic mass is 9.98. The second-order valence-electron chi connectivity index (χ2n) is 11.7. The van der Waals surface area contributed by atoms with Gasteiger partial charge in [-0.25, -0.2) is 4.79 Å². The standard InChI is InChI=1S/C27H35F3N4O5/c1-14-17(23(36)32-19-12-18(19)15-7-5-8-16(11-15)27(28,29)30)13-21(34(14)25(38)39-26(2,3)4)24(37)33-10-6-9-20(33)22(31)35/h5,7-8,11,14,17-21H,6,9-10,12-13H2,1-4H3,(H2,31,35)(H,32,36)/t14-,17-,18-,19+,20-,21-/m0/s1. The number of benzene rings is 1. The Hall–Kier alpha value is -3.31. The number of alkyl halides is 3. The van der Waals surface area contributed by atoms with E-state index < -0.39 is 65.2 Å². The first-order valence-electron chi connectivity index (χ1n) is 13.2. The number of ether oxygens (including phenoxy) is 1. The van der Waals surface area contributed by atoms with Crippen molar-refractivity contribution in [1.29, 1.82) is 0 Å². The molecule has 2 aliphatic heterocycles. The summed E-state index contributed by atoms with van der Waals surface area (Å²) >= 11 is 0. The summed E-state index contributed by atoms with van der Waals surface area (Å²) in [5, 5.41) is 2.90. The van der Waals surface area contributed by atoms with Crippen molar-refractivity contribution in [3.8, 4) is 0 Å². The molecule has 3 N–H and O–H groups in total. The highest BCUT2D eigenvalue weighted by Crippen LogP contribution is 2.43. The fourth-order valence-corrected chi connectivity index (χ4v) is 5.66. The van der Waals surface area contributed by atoms with E-state index in [0.29, 0.717) is 31.4 Å². The number of nitrogens with one attached hydrogen (secondary N) is 1. The third-order valence-electron chi connectivity index (χ3n) is 7.68. The second-order valence-corrected chi connectivity index (χ2v) is 11.7. The summed E-state index contributed by atoms with van der Waals surface area (Å²) in [5.41, 5.74) is 4.40. The summed E-state index contributed by atoms with van der Waals surface area (Å²) < 4.78 is 44.9. The molecule has 1 aliphatic carbocycles. The van der Waals surface area contributed by atoms with Gasteiger partial charge in [-0.3, -0.25) is 19.3 Å². The summed E-state index contributed by atoms with van der Waals surface area (Å²) in [6.07, 6.45) is -3.67. The van der Waals surface area contributed by atoms with Crippen molar-refractivity contribution in [3.63, 3.8) is 0 Å². The van der Waals surface area contributed by atoms with Gasteiger partial charge >= 0.3 is 12.3 Å². The molecule has 3 aliphatic rings. The average Bonchev–Trinajstić information content (AvgIpc) is 3.24. The van der Waals surface area contributed by atoms with Gasteiger partial charge in [0.05, 0.1) is 11.5 Å². The Morgan fingerprint density at radius 1 is 1.08 bits per heavy atom. The van der Waals surface area contributed by atoms with Crippen molar-refractivity contribution in [2.24, 2.45) is 11.7 Å². The predicted octanol–water partition coefficient (Wildman–Crippen LogP) is 3.17. The number of halogens is 3. The quantitative estimate of drug-likeness (QED) is 0.581. The third kappa shape index (κ3) is 6.14. The zero-order valence-corrected chi connectivity index (χ0v) is 22.5. The van der Waals surface area contributed by atoms with Crippen LogP contribution in [0.15, 0.2) is 24.3 Å². The smallest absolute Gasteiger partial charge is 0.416 e. The van der Waals surface area contributed by atoms with Gasteiger partial charge in [0.15, 0.2) is 0 Å². The molecular formula is C27H35F3N4O5. The minimum Gasteiger partial charge on any atom is -0.444 e. The number of amides is 4. The molecule has 4 rings (SSSR count). The fourth-order valence-electron chi connectivity index (χ4n) is 5.66. The zero-order chi connectivity index (χ0) is 28.9. The fraction of sp³-hybridized carbons (Fsp3) is 0.630. The average molecular weight is 553 g/mol. The van der Waals surface area contributed by atoms with E-state index in [1.54, 1.807) is 33.8 Å². The highest BCUT2D eigenvalue weighted by molar-refractivity contribution is 5.93. The highest BCUT2D eigenvalue weighted by Gasteiger charge is 2.52. The van der Waals surface area contributed by atoms with Crippen LogP contribution >= 0.6 is 0 Å². The minimum atomic E-state index is -4.46. The molecule has 1 aromatic rings. The predicted molar refractivity (Wildman–Crippen MR) is 134 cm³/mol. The van der Waals surface area contributed by atoms with E-state index in [9.17, 15) is 32.3 Å². The maximum Gasteiger partial charge on any atom is 0.416 e. The molecule has 6 atom stereocenters. The van der Waals surface area contributed by atoms with Crippen LogP contribution in [0.4, 0.5) is 18.0 Å². The maximum absolute atomic E-state index is 13.6. The number of carbonyl (C=O) groups excluding carboxylic acids is 4. The minimum absolute atomic E-state index is 0.0218. The van der Waals surface area contributed by atoms with Crippen LogP contribution in [0.1, 0.15) is 70.4 Å². The van der Waals surface area contributed by atoms with E-state index in [4.69, 9.17) is 10.5 Å². The van der Waals surface area contributed by atoms with E-state index in [1.165, 1.54) is 15.9 Å². The Morgan fingerprint density at radius 2 is 1.77 bits per heavy atom. The van der Waals surface area contributed by atoms with Crippen LogP contribution in [0.5, 0.6) is 0 Å². The van der Waals surface area contributed by atoms with Crippen LogP contribution in [0.2, 0.25) is 0 Å². The van der Waals surface area contributed by atoms with Gasteiger partial charge in [-0.2, -0.15) is 13.2 Å². The van der Waals surface area contributed by atoms with E-state index in [-0.39, 0.29) is 18.4 Å². The number of hydrogen-bond acceptors (Lipinski definition) is 5. The number of hydrogen-bond donors (Lipinski definition) is 2. The van der Waals surface area contributed by atoms with Gasteiger partial charge in [-0.15, -0.1) is 0 Å². The summed E-state index contributed by atoms with van der Waals surface area (Å²) in [5.74, 6) is -2.49. The Labute approximate surface area is 225 Å². The molecule has 2 saturated heterocycles. The summed E-state index contributed by atoms with van der Waals surface area (Å²) in [7, 11) is 0. The van der Waals surface area contributed by atoms with Crippen molar-refractivity contribution in [2.75, 3.05) is 6.54 Å². The molecule has 0 bridgehead atoms. The molecule has 1 saturated carbocycles. The highest BCUT2D eigenvalue weighted by atomic mass is 19.4. The lowest BCUT2D eigenvalue weighted by molar-refractivity contribution is -0.141. The molecule has 0 aromatic heterocycles. The van der Waals surface area contributed by atoms with E-state index in [2.05, 4.69) is 5.32 Å². The molecule has 9 nitrogen and oxygen atoms in total. The molecule has 39 heavy (non-hydrogen) atoms. The first-order chi connectivity index (χ1) is 18.1. The van der Waals surface area contributed by atoms with Gasteiger partial charge in [-0.1, -0.05) is 18.2 Å². The second kappa shape index (κ2) is 10.3. The molecular weight excluding hydrogens is 517 g/mol. The van der Waals surface area contributed by atoms with Crippen molar-refractivity contribution in [1.82, 2.24) is 15.1 Å². The molecule has 12 heteroatoms. The number of nitrogens with two attached hydrogens (primary N) is 1. The molecule has 1 aromatic carbocycles. The Morgan fingerprint density at radius 3 is 2.38 bits per heavy atom. The lowest BCUT2D eigenvalue weighted by Gasteiger charge is -2.33. The SMILES string of the molecule is C[C@H]1[C@@H](C(=O)N[C@@H]2C[C@H]2c2cccc(C(F)(F)F)c2)C[C@@H](C(=O)N2CCC[C@H]2C(N)=O)N1C(=O)OC(C)(C)C. The summed E-state index contributed by atoms with van der Waals surface area (Å²) in [6.45, 7) is 7.05. The van der Waals surface area contributed by atoms with E-state index >= 15 is 0 Å². The number of likely N-dealkylation sites (tertiary alicyclic amines) is 2. The zero-order valence-electron chi connectivity index (χ0n) is 22.5. The summed E-state index contributed by atoms with van der Waals surface area (Å²) in [6, 6.07) is 2.20. The van der Waals surface area contributed by atoms with Gasteiger partial charge in [0.2, 0.25) is 17.7 Å². The van der Waals surface area contributed by atoms with Crippen LogP contribution in [0, 0.1) is 5.92 Å². The Kier molecular flexibility index (Phi) is 7.61. The molecule has 214 valence electrons. The molecule has 4 amide bonds. The van der Waals surface area contributed by atoms with Crippen LogP contribution in [0.3, 0.4) is 0 Å². The molecule has 0 unspecified atom stereocenters. The van der Waals surface area contributed by atoms with Crippen molar-refractivity contribution in [2.45, 2.75) is 95.2 Å². The first-order valence-corrected chi connectivity index (χ1v) is 13.2. The maximum atomic E-state index is 13.6. The molecule has 3 fully saturated rings. The Bertz CT molecular complexity index is 1150. The van der Waals surface area contributed by atoms with Crippen LogP contribution in [-0.4, -0.2) is 69.9 Å². The third-order valence-corrected chi connectivity index (χ3v) is 7.68. The van der Waals surface area contributed by atoms with E-state index in [0.717, 1.165) is 12.1 Å². The largest absolute Gasteiger partial charge is 0.444 e. The molecule has 0 spiro atoms. The normalized spacial score (nSPS) is 28.8. The van der Waals surface area contributed by atoms with Crippen LogP contribution in [0.25, 0.3) is 0 Å². The monoisotopic (exact) mass is 552 g/mol. The lowest BCUT2D eigenvalue weighted by Crippen LogP contribution is -2.54.